The van der Waals surface area contributed by atoms with Crippen LogP contribution >= 0.6 is 11.8 Å². The molecule has 0 aliphatic heterocycles. The second kappa shape index (κ2) is 6.50. The summed E-state index contributed by atoms with van der Waals surface area (Å²) in [5, 5.41) is 3.16. The Morgan fingerprint density at radius 3 is 2.53 bits per heavy atom. The maximum Gasteiger partial charge on any atom is 0.387 e. The van der Waals surface area contributed by atoms with Crippen LogP contribution in [-0.2, 0) is 0 Å². The Bertz CT molecular complexity index is 279. The first-order valence-corrected chi connectivity index (χ1v) is 5.89. The smallest absolute Gasteiger partial charge is 0.387 e. The minimum atomic E-state index is -2.76. The Labute approximate surface area is 92.0 Å². The first kappa shape index (κ1) is 12.1. The molecular weight excluding hydrogens is 220 g/mol. The van der Waals surface area contributed by atoms with Crippen molar-refractivity contribution >= 4 is 17.4 Å². The van der Waals surface area contributed by atoms with Gasteiger partial charge in [-0.3, -0.25) is 0 Å². The van der Waals surface area contributed by atoms with Crippen molar-refractivity contribution in [3.05, 3.63) is 24.3 Å². The van der Waals surface area contributed by atoms with Crippen LogP contribution in [0, 0.1) is 0 Å². The molecule has 0 saturated heterocycles. The van der Waals surface area contributed by atoms with E-state index in [1.165, 1.54) is 12.1 Å². The van der Waals surface area contributed by atoms with Crippen LogP contribution in [0.1, 0.15) is 0 Å². The summed E-state index contributed by atoms with van der Waals surface area (Å²) in [6, 6.07) is 6.48. The second-order valence-electron chi connectivity index (χ2n) is 2.82. The van der Waals surface area contributed by atoms with Crippen molar-refractivity contribution < 1.29 is 13.5 Å². The minimum Gasteiger partial charge on any atom is -0.435 e. The fourth-order valence-electron chi connectivity index (χ4n) is 1.05. The highest BCUT2D eigenvalue weighted by atomic mass is 32.2. The summed E-state index contributed by atoms with van der Waals surface area (Å²) < 4.78 is 27.9. The molecule has 1 N–H and O–H groups in total. The number of rotatable bonds is 6. The molecule has 0 bridgehead atoms. The maximum absolute atomic E-state index is 11.8. The number of halogens is 2. The lowest BCUT2D eigenvalue weighted by molar-refractivity contribution is -0.0498. The Kier molecular flexibility index (Phi) is 5.25. The molecule has 0 heterocycles. The highest BCUT2D eigenvalue weighted by molar-refractivity contribution is 7.98. The van der Waals surface area contributed by atoms with Gasteiger partial charge in [-0.2, -0.15) is 20.5 Å². The topological polar surface area (TPSA) is 21.3 Å². The largest absolute Gasteiger partial charge is 0.435 e. The Balaban J connectivity index is 2.42. The van der Waals surface area contributed by atoms with E-state index in [0.29, 0.717) is 0 Å². The lowest BCUT2D eigenvalue weighted by Crippen LogP contribution is -2.04. The molecule has 0 atom stereocenters. The van der Waals surface area contributed by atoms with Crippen molar-refractivity contribution in [2.45, 2.75) is 6.61 Å². The Morgan fingerprint density at radius 1 is 1.33 bits per heavy atom. The maximum atomic E-state index is 11.8. The molecule has 15 heavy (non-hydrogen) atoms. The van der Waals surface area contributed by atoms with Crippen LogP contribution in [0.4, 0.5) is 14.5 Å². The van der Waals surface area contributed by atoms with Gasteiger partial charge in [0.25, 0.3) is 0 Å². The van der Waals surface area contributed by atoms with E-state index in [9.17, 15) is 8.78 Å². The van der Waals surface area contributed by atoms with Crippen molar-refractivity contribution in [1.29, 1.82) is 0 Å². The van der Waals surface area contributed by atoms with E-state index < -0.39 is 6.61 Å². The molecule has 0 fully saturated rings. The number of alkyl halides is 2. The molecule has 0 aliphatic rings. The summed E-state index contributed by atoms with van der Waals surface area (Å²) in [4.78, 5) is 0. The van der Waals surface area contributed by atoms with Crippen LogP contribution in [0.2, 0.25) is 0 Å². The number of hydrogen-bond acceptors (Lipinski definition) is 3. The van der Waals surface area contributed by atoms with Crippen LogP contribution < -0.4 is 10.1 Å². The molecule has 84 valence electrons. The summed E-state index contributed by atoms with van der Waals surface area (Å²) in [5.74, 6) is 1.19. The summed E-state index contributed by atoms with van der Waals surface area (Å²) >= 11 is 1.75. The van der Waals surface area contributed by atoms with Crippen molar-refractivity contribution in [2.75, 3.05) is 23.9 Å². The van der Waals surface area contributed by atoms with Gasteiger partial charge < -0.3 is 10.1 Å². The van der Waals surface area contributed by atoms with Gasteiger partial charge in [-0.1, -0.05) is 0 Å². The van der Waals surface area contributed by atoms with Crippen LogP contribution in [0.3, 0.4) is 0 Å². The van der Waals surface area contributed by atoms with E-state index in [2.05, 4.69) is 10.1 Å². The monoisotopic (exact) mass is 233 g/mol. The molecule has 5 heteroatoms. The van der Waals surface area contributed by atoms with Gasteiger partial charge in [0.15, 0.2) is 0 Å². The predicted molar refractivity (Wildman–Crippen MR) is 59.9 cm³/mol. The first-order valence-electron chi connectivity index (χ1n) is 4.50. The summed E-state index contributed by atoms with van der Waals surface area (Å²) in [6.45, 7) is -1.91. The lowest BCUT2D eigenvalue weighted by Gasteiger charge is -2.07. The normalized spacial score (nSPS) is 10.4. The quantitative estimate of drug-likeness (QED) is 0.763. The number of hydrogen-bond donors (Lipinski definition) is 1. The summed E-state index contributed by atoms with van der Waals surface area (Å²) in [7, 11) is 0. The molecule has 1 rings (SSSR count). The highest BCUT2D eigenvalue weighted by Gasteiger charge is 2.02. The van der Waals surface area contributed by atoms with Crippen LogP contribution in [0.25, 0.3) is 0 Å². The van der Waals surface area contributed by atoms with Gasteiger partial charge in [0.2, 0.25) is 0 Å². The molecule has 0 unspecified atom stereocenters. The third kappa shape index (κ3) is 4.88. The number of nitrogens with one attached hydrogen (secondary N) is 1. The molecule has 0 aliphatic carbocycles. The number of ether oxygens (including phenoxy) is 1. The SMILES string of the molecule is CSCCNc1ccc(OC(F)F)cc1. The average Bonchev–Trinajstić information content (AvgIpc) is 2.20. The highest BCUT2D eigenvalue weighted by Crippen LogP contribution is 2.17. The van der Waals surface area contributed by atoms with Gasteiger partial charge in [0.1, 0.15) is 5.75 Å². The van der Waals surface area contributed by atoms with E-state index in [-0.39, 0.29) is 5.75 Å². The summed E-state index contributed by atoms with van der Waals surface area (Å²) in [5.41, 5.74) is 0.908. The molecule has 1 aromatic carbocycles. The van der Waals surface area contributed by atoms with Gasteiger partial charge in [0.05, 0.1) is 0 Å². The van der Waals surface area contributed by atoms with Crippen LogP contribution in [-0.4, -0.2) is 25.2 Å². The number of thioether (sulfide) groups is 1. The van der Waals surface area contributed by atoms with Crippen molar-refractivity contribution in [2.24, 2.45) is 0 Å². The zero-order valence-corrected chi connectivity index (χ0v) is 9.19. The van der Waals surface area contributed by atoms with Gasteiger partial charge in [-0.25, -0.2) is 0 Å². The van der Waals surface area contributed by atoms with Crippen molar-refractivity contribution in [3.63, 3.8) is 0 Å². The van der Waals surface area contributed by atoms with Crippen molar-refractivity contribution in [3.8, 4) is 5.75 Å². The van der Waals surface area contributed by atoms with Crippen LogP contribution in [0.5, 0.6) is 5.75 Å². The second-order valence-corrected chi connectivity index (χ2v) is 3.81. The third-order valence-corrected chi connectivity index (χ3v) is 2.33. The molecule has 1 aromatic rings. The first-order chi connectivity index (χ1) is 7.22. The number of benzene rings is 1. The van der Waals surface area contributed by atoms with Gasteiger partial charge in [0, 0.05) is 18.0 Å². The molecule has 0 aromatic heterocycles. The third-order valence-electron chi connectivity index (χ3n) is 1.71. The lowest BCUT2D eigenvalue weighted by atomic mass is 10.3. The zero-order chi connectivity index (χ0) is 11.1. The fourth-order valence-corrected chi connectivity index (χ4v) is 1.36. The van der Waals surface area contributed by atoms with Crippen molar-refractivity contribution in [1.82, 2.24) is 0 Å². The summed E-state index contributed by atoms with van der Waals surface area (Å²) in [6.07, 6.45) is 2.03. The minimum absolute atomic E-state index is 0.181. The Morgan fingerprint density at radius 2 is 2.00 bits per heavy atom. The van der Waals surface area contributed by atoms with Gasteiger partial charge >= 0.3 is 6.61 Å². The zero-order valence-electron chi connectivity index (χ0n) is 8.37. The predicted octanol–water partition coefficient (Wildman–Crippen LogP) is 3.06. The van der Waals surface area contributed by atoms with E-state index in [0.717, 1.165) is 18.0 Å². The average molecular weight is 233 g/mol. The molecule has 0 spiro atoms. The molecular formula is C10H13F2NOS. The van der Waals surface area contributed by atoms with E-state index in [4.69, 9.17) is 0 Å². The molecule has 0 amide bonds. The van der Waals surface area contributed by atoms with E-state index in [1.807, 2.05) is 6.26 Å². The molecule has 0 radical (unpaired) electrons. The molecule has 2 nitrogen and oxygen atoms in total. The standard InChI is InChI=1S/C10H13F2NOS/c1-15-7-6-13-8-2-4-9(5-3-8)14-10(11)12/h2-5,10,13H,6-7H2,1H3. The molecule has 0 saturated carbocycles. The van der Waals surface area contributed by atoms with Gasteiger partial charge in [-0.15, -0.1) is 0 Å². The fraction of sp³-hybridized carbons (Fsp3) is 0.400. The Hall–Kier alpha value is -0.970. The van der Waals surface area contributed by atoms with Gasteiger partial charge in [-0.05, 0) is 30.5 Å². The van der Waals surface area contributed by atoms with E-state index >= 15 is 0 Å². The van der Waals surface area contributed by atoms with Crippen LogP contribution in [0.15, 0.2) is 24.3 Å². The van der Waals surface area contributed by atoms with E-state index in [1.54, 1.807) is 23.9 Å². The number of anilines is 1.